The Bertz CT molecular complexity index is 205. The van der Waals surface area contributed by atoms with E-state index in [0.717, 1.165) is 0 Å². The van der Waals surface area contributed by atoms with Crippen LogP contribution in [0.1, 0.15) is 24.7 Å². The van der Waals surface area contributed by atoms with Crippen molar-refractivity contribution in [3.05, 3.63) is 12.2 Å². The van der Waals surface area contributed by atoms with Gasteiger partial charge in [0.25, 0.3) is 0 Å². The van der Waals surface area contributed by atoms with Crippen molar-refractivity contribution < 1.29 is 4.52 Å². The Labute approximate surface area is 58.4 Å². The van der Waals surface area contributed by atoms with E-state index in [2.05, 4.69) is 14.7 Å². The average molecular weight is 139 g/mol. The molecule has 0 radical (unpaired) electrons. The number of aromatic nitrogens is 2. The van der Waals surface area contributed by atoms with Crippen molar-refractivity contribution in [3.63, 3.8) is 0 Å². The smallest absolute Gasteiger partial charge is 0.213 e. The summed E-state index contributed by atoms with van der Waals surface area (Å²) < 4.78 is 4.57. The van der Waals surface area contributed by atoms with Crippen molar-refractivity contribution in [2.75, 3.05) is 0 Å². The van der Waals surface area contributed by atoms with Gasteiger partial charge in [0.2, 0.25) is 6.39 Å². The van der Waals surface area contributed by atoms with Crippen LogP contribution in [0.2, 0.25) is 0 Å². The average Bonchev–Trinajstić information content (AvgIpc) is 2.65. The van der Waals surface area contributed by atoms with Gasteiger partial charge in [0, 0.05) is 0 Å². The zero-order valence-electron chi connectivity index (χ0n) is 5.53. The molecule has 1 aliphatic carbocycles. The molecule has 2 rings (SSSR count). The fraction of sp³-hybridized carbons (Fsp3) is 0.667. The quantitative estimate of drug-likeness (QED) is 0.647. The van der Waals surface area contributed by atoms with Gasteiger partial charge in [-0.25, -0.2) is 0 Å². The maximum absolute atomic E-state index is 5.76. The summed E-state index contributed by atoms with van der Waals surface area (Å²) in [5.41, 5.74) is 5.76. The van der Waals surface area contributed by atoms with Gasteiger partial charge in [-0.3, -0.25) is 0 Å². The van der Waals surface area contributed by atoms with Crippen molar-refractivity contribution >= 4 is 0 Å². The third kappa shape index (κ3) is 0.903. The van der Waals surface area contributed by atoms with E-state index in [0.29, 0.717) is 11.7 Å². The molecule has 1 aliphatic rings. The molecule has 0 bridgehead atoms. The minimum atomic E-state index is -0.00116. The first-order chi connectivity index (χ1) is 4.88. The highest BCUT2D eigenvalue weighted by Gasteiger charge is 2.31. The molecule has 4 heteroatoms. The lowest BCUT2D eigenvalue weighted by molar-refractivity contribution is 0.400. The fourth-order valence-corrected chi connectivity index (χ4v) is 0.992. The van der Waals surface area contributed by atoms with E-state index in [1.165, 1.54) is 19.2 Å². The molecular formula is C6H9N3O. The molecule has 1 atom stereocenters. The molecule has 54 valence electrons. The van der Waals surface area contributed by atoms with Gasteiger partial charge >= 0.3 is 0 Å². The number of hydrogen-bond donors (Lipinski definition) is 1. The summed E-state index contributed by atoms with van der Waals surface area (Å²) in [7, 11) is 0. The molecule has 0 aliphatic heterocycles. The van der Waals surface area contributed by atoms with Crippen LogP contribution < -0.4 is 5.73 Å². The summed E-state index contributed by atoms with van der Waals surface area (Å²) in [5.74, 6) is 1.24. The third-order valence-corrected chi connectivity index (χ3v) is 1.81. The molecule has 2 N–H and O–H groups in total. The molecular weight excluding hydrogens is 130 g/mol. The summed E-state index contributed by atoms with van der Waals surface area (Å²) in [5, 5.41) is 3.67. The van der Waals surface area contributed by atoms with Crippen molar-refractivity contribution in [2.45, 2.75) is 18.9 Å². The van der Waals surface area contributed by atoms with Gasteiger partial charge < -0.3 is 10.3 Å². The maximum atomic E-state index is 5.76. The Morgan fingerprint density at radius 1 is 1.70 bits per heavy atom. The first-order valence-corrected chi connectivity index (χ1v) is 3.40. The standard InChI is InChI=1S/C6H9N3O/c7-5(4-1-2-4)6-8-3-10-9-6/h3-5H,1-2,7H2. The lowest BCUT2D eigenvalue weighted by Gasteiger charge is -2.01. The summed E-state index contributed by atoms with van der Waals surface area (Å²) in [6, 6.07) is -0.00116. The third-order valence-electron chi connectivity index (χ3n) is 1.81. The highest BCUT2D eigenvalue weighted by Crippen LogP contribution is 2.38. The van der Waals surface area contributed by atoms with Crippen LogP contribution in [0, 0.1) is 5.92 Å². The van der Waals surface area contributed by atoms with Crippen molar-refractivity contribution in [1.29, 1.82) is 0 Å². The number of rotatable bonds is 2. The molecule has 0 spiro atoms. The van der Waals surface area contributed by atoms with Gasteiger partial charge in [-0.2, -0.15) is 4.98 Å². The topological polar surface area (TPSA) is 64.9 Å². The van der Waals surface area contributed by atoms with Crippen LogP contribution in [0.3, 0.4) is 0 Å². The number of nitrogens with zero attached hydrogens (tertiary/aromatic N) is 2. The first-order valence-electron chi connectivity index (χ1n) is 3.40. The minimum Gasteiger partial charge on any atom is -0.343 e. The van der Waals surface area contributed by atoms with E-state index in [1.54, 1.807) is 0 Å². The van der Waals surface area contributed by atoms with E-state index in [-0.39, 0.29) is 6.04 Å². The van der Waals surface area contributed by atoms with E-state index in [4.69, 9.17) is 5.73 Å². The zero-order chi connectivity index (χ0) is 6.97. The lowest BCUT2D eigenvalue weighted by atomic mass is 10.2. The molecule has 10 heavy (non-hydrogen) atoms. The van der Waals surface area contributed by atoms with Gasteiger partial charge in [-0.05, 0) is 18.8 Å². The number of hydrogen-bond acceptors (Lipinski definition) is 4. The van der Waals surface area contributed by atoms with Crippen LogP contribution in [0.15, 0.2) is 10.9 Å². The predicted octanol–water partition coefficient (Wildman–Crippen LogP) is 0.479. The molecule has 1 heterocycles. The van der Waals surface area contributed by atoms with E-state index >= 15 is 0 Å². The second kappa shape index (κ2) is 2.05. The Kier molecular flexibility index (Phi) is 1.20. The first kappa shape index (κ1) is 5.85. The molecule has 4 nitrogen and oxygen atoms in total. The Hall–Kier alpha value is -0.900. The second-order valence-electron chi connectivity index (χ2n) is 2.65. The van der Waals surface area contributed by atoms with Crippen molar-refractivity contribution in [1.82, 2.24) is 10.1 Å². The minimum absolute atomic E-state index is 0.00116. The van der Waals surface area contributed by atoms with Crippen molar-refractivity contribution in [3.8, 4) is 0 Å². The van der Waals surface area contributed by atoms with E-state index in [1.807, 2.05) is 0 Å². The molecule has 0 aromatic carbocycles. The van der Waals surface area contributed by atoms with Crippen LogP contribution in [0.5, 0.6) is 0 Å². The lowest BCUT2D eigenvalue weighted by Crippen LogP contribution is -2.13. The summed E-state index contributed by atoms with van der Waals surface area (Å²) in [6.45, 7) is 0. The molecule has 0 amide bonds. The highest BCUT2D eigenvalue weighted by atomic mass is 16.5. The summed E-state index contributed by atoms with van der Waals surface area (Å²) in [6.07, 6.45) is 3.73. The molecule has 1 aromatic heterocycles. The summed E-state index contributed by atoms with van der Waals surface area (Å²) in [4.78, 5) is 3.87. The van der Waals surface area contributed by atoms with Crippen LogP contribution in [-0.2, 0) is 0 Å². The van der Waals surface area contributed by atoms with Gasteiger partial charge in [0.15, 0.2) is 5.82 Å². The monoisotopic (exact) mass is 139 g/mol. The largest absolute Gasteiger partial charge is 0.343 e. The molecule has 1 saturated carbocycles. The molecule has 0 saturated heterocycles. The van der Waals surface area contributed by atoms with Crippen LogP contribution in [0.25, 0.3) is 0 Å². The van der Waals surface area contributed by atoms with Gasteiger partial charge in [-0.1, -0.05) is 5.16 Å². The fourth-order valence-electron chi connectivity index (χ4n) is 0.992. The van der Waals surface area contributed by atoms with E-state index in [9.17, 15) is 0 Å². The van der Waals surface area contributed by atoms with E-state index < -0.39 is 0 Å². The SMILES string of the molecule is NC(c1ncon1)C1CC1. The Balaban J connectivity index is 2.11. The van der Waals surface area contributed by atoms with Crippen molar-refractivity contribution in [2.24, 2.45) is 11.7 Å². The van der Waals surface area contributed by atoms with Gasteiger partial charge in [0.1, 0.15) is 0 Å². The van der Waals surface area contributed by atoms with Gasteiger partial charge in [-0.15, -0.1) is 0 Å². The Morgan fingerprint density at radius 3 is 3.00 bits per heavy atom. The second-order valence-corrected chi connectivity index (χ2v) is 2.65. The van der Waals surface area contributed by atoms with Gasteiger partial charge in [0.05, 0.1) is 6.04 Å². The maximum Gasteiger partial charge on any atom is 0.213 e. The summed E-state index contributed by atoms with van der Waals surface area (Å²) >= 11 is 0. The number of nitrogens with two attached hydrogens (primary N) is 1. The molecule has 1 fully saturated rings. The normalized spacial score (nSPS) is 20.9. The zero-order valence-corrected chi connectivity index (χ0v) is 5.53. The van der Waals surface area contributed by atoms with Crippen LogP contribution in [-0.4, -0.2) is 10.1 Å². The Morgan fingerprint density at radius 2 is 2.50 bits per heavy atom. The molecule has 1 aromatic rings. The molecule has 1 unspecified atom stereocenters. The predicted molar refractivity (Wildman–Crippen MR) is 34.0 cm³/mol. The highest BCUT2D eigenvalue weighted by molar-refractivity contribution is 4.96. The van der Waals surface area contributed by atoms with Crippen LogP contribution in [0.4, 0.5) is 0 Å². The van der Waals surface area contributed by atoms with Crippen LogP contribution >= 0.6 is 0 Å².